The highest BCUT2D eigenvalue weighted by atomic mass is 32.2. The van der Waals surface area contributed by atoms with Gasteiger partial charge in [0.2, 0.25) is 5.91 Å². The molecule has 0 bridgehead atoms. The third-order valence-corrected chi connectivity index (χ3v) is 6.13. The zero-order valence-corrected chi connectivity index (χ0v) is 13.0. The zero-order chi connectivity index (χ0) is 14.6. The van der Waals surface area contributed by atoms with Gasteiger partial charge >= 0.3 is 5.97 Å². The molecule has 2 fully saturated rings. The van der Waals surface area contributed by atoms with Gasteiger partial charge in [0, 0.05) is 6.54 Å². The fourth-order valence-corrected chi connectivity index (χ4v) is 4.32. The molecular formula is C15H25NO3S. The van der Waals surface area contributed by atoms with Crippen molar-refractivity contribution in [3.63, 3.8) is 0 Å². The second-order valence-electron chi connectivity index (χ2n) is 6.34. The highest BCUT2D eigenvalue weighted by Crippen LogP contribution is 2.38. The molecule has 1 amide bonds. The second-order valence-corrected chi connectivity index (χ2v) is 7.65. The van der Waals surface area contributed by atoms with Crippen molar-refractivity contribution in [2.24, 2.45) is 11.3 Å². The summed E-state index contributed by atoms with van der Waals surface area (Å²) in [6, 6.07) is 0. The number of hydrogen-bond acceptors (Lipinski definition) is 3. The Labute approximate surface area is 125 Å². The van der Waals surface area contributed by atoms with E-state index in [1.165, 1.54) is 6.42 Å². The Kier molecular flexibility index (Phi) is 5.35. The van der Waals surface area contributed by atoms with E-state index in [9.17, 15) is 14.7 Å². The average molecular weight is 299 g/mol. The first kappa shape index (κ1) is 15.7. The van der Waals surface area contributed by atoms with Crippen LogP contribution in [0.1, 0.15) is 51.9 Å². The molecule has 114 valence electrons. The monoisotopic (exact) mass is 299 g/mol. The maximum atomic E-state index is 12.1. The highest BCUT2D eigenvalue weighted by Gasteiger charge is 2.41. The molecule has 1 saturated carbocycles. The summed E-state index contributed by atoms with van der Waals surface area (Å²) < 4.78 is 0. The number of carbonyl (C=O) groups excluding carboxylic acids is 1. The van der Waals surface area contributed by atoms with E-state index in [0.29, 0.717) is 25.3 Å². The normalized spacial score (nSPS) is 34.5. The minimum atomic E-state index is -0.749. The first-order valence-electron chi connectivity index (χ1n) is 7.66. The Bertz CT molecular complexity index is 358. The predicted octanol–water partition coefficient (Wildman–Crippen LogP) is 2.67. The summed E-state index contributed by atoms with van der Waals surface area (Å²) in [6.07, 6.45) is 6.47. The van der Waals surface area contributed by atoms with Gasteiger partial charge in [0.05, 0.1) is 10.7 Å². The van der Waals surface area contributed by atoms with E-state index >= 15 is 0 Å². The predicted molar refractivity (Wildman–Crippen MR) is 80.8 cm³/mol. The Balaban J connectivity index is 1.89. The highest BCUT2D eigenvalue weighted by molar-refractivity contribution is 8.00. The lowest BCUT2D eigenvalue weighted by Gasteiger charge is -2.36. The number of amides is 1. The molecule has 1 saturated heterocycles. The van der Waals surface area contributed by atoms with Crippen molar-refractivity contribution < 1.29 is 14.7 Å². The van der Waals surface area contributed by atoms with E-state index in [2.05, 4.69) is 12.2 Å². The summed E-state index contributed by atoms with van der Waals surface area (Å²) in [4.78, 5) is 23.8. The summed E-state index contributed by atoms with van der Waals surface area (Å²) in [5, 5.41) is 12.5. The Morgan fingerprint density at radius 1 is 1.25 bits per heavy atom. The molecule has 1 aliphatic heterocycles. The van der Waals surface area contributed by atoms with Crippen molar-refractivity contribution in [3.8, 4) is 0 Å². The van der Waals surface area contributed by atoms with Crippen LogP contribution in [0.25, 0.3) is 0 Å². The first-order chi connectivity index (χ1) is 9.53. The molecule has 1 atom stereocenters. The molecule has 5 heteroatoms. The van der Waals surface area contributed by atoms with E-state index in [1.54, 1.807) is 11.8 Å². The minimum absolute atomic E-state index is 0.0251. The minimum Gasteiger partial charge on any atom is -0.481 e. The van der Waals surface area contributed by atoms with Gasteiger partial charge < -0.3 is 10.4 Å². The first-order valence-corrected chi connectivity index (χ1v) is 8.71. The van der Waals surface area contributed by atoms with Gasteiger partial charge in [-0.1, -0.05) is 13.3 Å². The summed E-state index contributed by atoms with van der Waals surface area (Å²) in [5.41, 5.74) is -0.735. The molecule has 2 aliphatic rings. The average Bonchev–Trinajstić information content (AvgIpc) is 2.47. The van der Waals surface area contributed by atoms with Crippen LogP contribution in [-0.4, -0.2) is 34.5 Å². The smallest absolute Gasteiger partial charge is 0.311 e. The van der Waals surface area contributed by atoms with Crippen LogP contribution in [0.4, 0.5) is 0 Å². The second kappa shape index (κ2) is 6.83. The molecule has 0 aromatic rings. The van der Waals surface area contributed by atoms with E-state index in [4.69, 9.17) is 0 Å². The molecule has 2 rings (SSSR count). The van der Waals surface area contributed by atoms with Crippen LogP contribution in [0.3, 0.4) is 0 Å². The maximum Gasteiger partial charge on any atom is 0.311 e. The summed E-state index contributed by atoms with van der Waals surface area (Å²) >= 11 is 1.71. The summed E-state index contributed by atoms with van der Waals surface area (Å²) in [5.74, 6) is 0.932. The lowest BCUT2D eigenvalue weighted by Crippen LogP contribution is -2.47. The van der Waals surface area contributed by atoms with Crippen LogP contribution in [0.15, 0.2) is 0 Å². The van der Waals surface area contributed by atoms with Crippen LogP contribution >= 0.6 is 11.8 Å². The van der Waals surface area contributed by atoms with Crippen molar-refractivity contribution in [3.05, 3.63) is 0 Å². The largest absolute Gasteiger partial charge is 0.481 e. The maximum absolute atomic E-state index is 12.1. The van der Waals surface area contributed by atoms with Gasteiger partial charge in [-0.3, -0.25) is 9.59 Å². The SMILES string of the molecule is CC1CCC(CNC(=O)C2CCCCS2)(C(=O)O)CC1. The lowest BCUT2D eigenvalue weighted by atomic mass is 9.71. The fraction of sp³-hybridized carbons (Fsp3) is 0.867. The van der Waals surface area contributed by atoms with Gasteiger partial charge in [-0.25, -0.2) is 0 Å². The number of carboxylic acid groups (broad SMARTS) is 1. The quantitative estimate of drug-likeness (QED) is 0.837. The van der Waals surface area contributed by atoms with Gasteiger partial charge in [0.25, 0.3) is 0 Å². The van der Waals surface area contributed by atoms with Crippen LogP contribution in [-0.2, 0) is 9.59 Å². The van der Waals surface area contributed by atoms with Crippen LogP contribution in [0, 0.1) is 11.3 Å². The molecule has 2 N–H and O–H groups in total. The molecule has 0 radical (unpaired) electrons. The number of nitrogens with one attached hydrogen (secondary N) is 1. The van der Waals surface area contributed by atoms with Crippen LogP contribution < -0.4 is 5.32 Å². The molecule has 0 aromatic carbocycles. The Morgan fingerprint density at radius 2 is 1.95 bits per heavy atom. The van der Waals surface area contributed by atoms with Gasteiger partial charge in [0.1, 0.15) is 0 Å². The van der Waals surface area contributed by atoms with Crippen LogP contribution in [0.5, 0.6) is 0 Å². The van der Waals surface area contributed by atoms with E-state index in [-0.39, 0.29) is 11.2 Å². The number of thioether (sulfide) groups is 1. The molecule has 1 aliphatic carbocycles. The third-order valence-electron chi connectivity index (χ3n) is 4.76. The molecule has 0 aromatic heterocycles. The number of hydrogen-bond donors (Lipinski definition) is 2. The number of rotatable bonds is 4. The van der Waals surface area contributed by atoms with Crippen LogP contribution in [0.2, 0.25) is 0 Å². The van der Waals surface area contributed by atoms with Crippen molar-refractivity contribution >= 4 is 23.6 Å². The Morgan fingerprint density at radius 3 is 2.50 bits per heavy atom. The van der Waals surface area contributed by atoms with E-state index in [0.717, 1.165) is 31.4 Å². The van der Waals surface area contributed by atoms with E-state index < -0.39 is 11.4 Å². The lowest BCUT2D eigenvalue weighted by molar-refractivity contribution is -0.151. The molecule has 1 heterocycles. The van der Waals surface area contributed by atoms with Crippen molar-refractivity contribution in [1.82, 2.24) is 5.32 Å². The van der Waals surface area contributed by atoms with Crippen molar-refractivity contribution in [2.45, 2.75) is 57.1 Å². The topological polar surface area (TPSA) is 66.4 Å². The van der Waals surface area contributed by atoms with Gasteiger partial charge in [-0.05, 0) is 50.2 Å². The Hall–Kier alpha value is -0.710. The van der Waals surface area contributed by atoms with Gasteiger partial charge in [0.15, 0.2) is 0 Å². The van der Waals surface area contributed by atoms with Gasteiger partial charge in [-0.2, -0.15) is 0 Å². The van der Waals surface area contributed by atoms with E-state index in [1.807, 2.05) is 0 Å². The van der Waals surface area contributed by atoms with Crippen molar-refractivity contribution in [2.75, 3.05) is 12.3 Å². The molecule has 0 spiro atoms. The number of carboxylic acids is 1. The van der Waals surface area contributed by atoms with Gasteiger partial charge in [-0.15, -0.1) is 11.8 Å². The zero-order valence-electron chi connectivity index (χ0n) is 12.2. The summed E-state index contributed by atoms with van der Waals surface area (Å²) in [7, 11) is 0. The molecule has 1 unspecified atom stereocenters. The molecule has 4 nitrogen and oxygen atoms in total. The number of carbonyl (C=O) groups is 2. The third kappa shape index (κ3) is 3.68. The fourth-order valence-electron chi connectivity index (χ4n) is 3.10. The summed E-state index contributed by atoms with van der Waals surface area (Å²) in [6.45, 7) is 2.47. The standard InChI is InChI=1S/C15H25NO3S/c1-11-5-7-15(8-6-11,14(18)19)10-16-13(17)12-4-2-3-9-20-12/h11-12H,2-10H2,1H3,(H,16,17)(H,18,19). The number of aliphatic carboxylic acids is 1. The molecular weight excluding hydrogens is 274 g/mol. The molecule has 20 heavy (non-hydrogen) atoms. The van der Waals surface area contributed by atoms with Crippen molar-refractivity contribution in [1.29, 1.82) is 0 Å².